The van der Waals surface area contributed by atoms with Crippen LogP contribution in [0.15, 0.2) is 29.8 Å². The summed E-state index contributed by atoms with van der Waals surface area (Å²) < 4.78 is 18.7. The number of fused-ring (bicyclic) bond motifs is 1. The van der Waals surface area contributed by atoms with Gasteiger partial charge in [0, 0.05) is 43.2 Å². The fraction of sp³-hybridized carbons (Fsp3) is 0.389. The number of halogens is 1. The highest BCUT2D eigenvalue weighted by atomic mass is 32.1. The molecule has 1 aromatic carbocycles. The SMILES string of the molecule is CC(=O)N(c1nccs1)N1CCC(N2C(=O)OCc3cc(F)ccc32)CC1. The van der Waals surface area contributed by atoms with Crippen LogP contribution in [-0.4, -0.2) is 41.1 Å². The number of carbonyl (C=O) groups excluding carboxylic acids is 2. The van der Waals surface area contributed by atoms with Crippen molar-refractivity contribution in [3.63, 3.8) is 0 Å². The lowest BCUT2D eigenvalue weighted by Crippen LogP contribution is -2.54. The minimum Gasteiger partial charge on any atom is -0.444 e. The van der Waals surface area contributed by atoms with Crippen molar-refractivity contribution >= 4 is 34.2 Å². The Bertz CT molecular complexity index is 852. The quantitative estimate of drug-likeness (QED) is 0.805. The zero-order valence-electron chi connectivity index (χ0n) is 14.8. The van der Waals surface area contributed by atoms with Crippen LogP contribution in [0.1, 0.15) is 25.3 Å². The van der Waals surface area contributed by atoms with Crippen LogP contribution in [0.4, 0.5) is 20.0 Å². The van der Waals surface area contributed by atoms with E-state index in [4.69, 9.17) is 4.74 Å². The van der Waals surface area contributed by atoms with Gasteiger partial charge in [0.15, 0.2) is 0 Å². The highest BCUT2D eigenvalue weighted by Gasteiger charge is 2.36. The van der Waals surface area contributed by atoms with E-state index in [1.54, 1.807) is 22.2 Å². The minimum atomic E-state index is -0.407. The molecule has 0 saturated carbocycles. The molecular formula is C18H19FN4O3S. The molecule has 1 saturated heterocycles. The molecule has 0 bridgehead atoms. The van der Waals surface area contributed by atoms with Crippen LogP contribution < -0.4 is 9.91 Å². The summed E-state index contributed by atoms with van der Waals surface area (Å²) in [6.45, 7) is 2.80. The number of benzene rings is 1. The number of hydrogen-bond donors (Lipinski definition) is 0. The summed E-state index contributed by atoms with van der Waals surface area (Å²) in [6.07, 6.45) is 2.60. The molecule has 3 heterocycles. The molecule has 27 heavy (non-hydrogen) atoms. The zero-order valence-corrected chi connectivity index (χ0v) is 15.6. The molecule has 0 N–H and O–H groups in total. The highest BCUT2D eigenvalue weighted by molar-refractivity contribution is 7.13. The molecule has 0 spiro atoms. The van der Waals surface area contributed by atoms with E-state index in [0.29, 0.717) is 42.3 Å². The van der Waals surface area contributed by atoms with Crippen LogP contribution in [0.2, 0.25) is 0 Å². The lowest BCUT2D eigenvalue weighted by atomic mass is 10.0. The van der Waals surface area contributed by atoms with Gasteiger partial charge >= 0.3 is 6.09 Å². The Balaban J connectivity index is 1.51. The van der Waals surface area contributed by atoms with Crippen molar-refractivity contribution in [1.29, 1.82) is 0 Å². The molecule has 2 aromatic rings. The largest absolute Gasteiger partial charge is 0.444 e. The minimum absolute atomic E-state index is 0.0663. The van der Waals surface area contributed by atoms with Gasteiger partial charge < -0.3 is 4.74 Å². The van der Waals surface area contributed by atoms with E-state index in [1.165, 1.54) is 30.4 Å². The number of carbonyl (C=O) groups is 2. The Morgan fingerprint density at radius 2 is 2.15 bits per heavy atom. The lowest BCUT2D eigenvalue weighted by molar-refractivity contribution is -0.119. The van der Waals surface area contributed by atoms with Crippen LogP contribution >= 0.6 is 11.3 Å². The maximum Gasteiger partial charge on any atom is 0.414 e. The van der Waals surface area contributed by atoms with E-state index in [-0.39, 0.29) is 24.4 Å². The summed E-state index contributed by atoms with van der Waals surface area (Å²) in [4.78, 5) is 30.3. The molecule has 2 aliphatic heterocycles. The maximum absolute atomic E-state index is 13.5. The van der Waals surface area contributed by atoms with E-state index in [9.17, 15) is 14.0 Å². The van der Waals surface area contributed by atoms with Gasteiger partial charge in [0.2, 0.25) is 11.0 Å². The summed E-state index contributed by atoms with van der Waals surface area (Å²) >= 11 is 1.41. The summed E-state index contributed by atoms with van der Waals surface area (Å²) in [5, 5.41) is 6.02. The standard InChI is InChI=1S/C18H19FN4O3S/c1-12(24)23(17-20-6-9-27-17)21-7-4-15(5-8-21)22-16-3-2-14(19)10-13(16)11-26-18(22)25/h2-3,6,9-10,15H,4-5,7-8,11H2,1H3. The Labute approximate surface area is 159 Å². The molecule has 1 aromatic heterocycles. The van der Waals surface area contributed by atoms with Crippen LogP contribution in [0.25, 0.3) is 0 Å². The number of rotatable bonds is 3. The fourth-order valence-electron chi connectivity index (χ4n) is 3.64. The molecule has 0 aliphatic carbocycles. The van der Waals surface area contributed by atoms with Crippen molar-refractivity contribution in [3.05, 3.63) is 41.2 Å². The second-order valence-corrected chi connectivity index (χ2v) is 7.40. The van der Waals surface area contributed by atoms with Crippen LogP contribution in [-0.2, 0) is 16.1 Å². The molecule has 2 amide bonds. The van der Waals surface area contributed by atoms with Gasteiger partial charge in [0.1, 0.15) is 12.4 Å². The zero-order chi connectivity index (χ0) is 19.0. The molecule has 0 unspecified atom stereocenters. The van der Waals surface area contributed by atoms with Crippen molar-refractivity contribution in [1.82, 2.24) is 9.99 Å². The monoisotopic (exact) mass is 390 g/mol. The van der Waals surface area contributed by atoms with Crippen LogP contribution in [0.5, 0.6) is 0 Å². The summed E-state index contributed by atoms with van der Waals surface area (Å²) in [5.74, 6) is -0.441. The van der Waals surface area contributed by atoms with Gasteiger partial charge in [-0.05, 0) is 31.0 Å². The number of ether oxygens (including phenoxy) is 1. The second kappa shape index (κ2) is 7.24. The molecule has 0 atom stereocenters. The number of aromatic nitrogens is 1. The number of nitrogens with zero attached hydrogens (tertiary/aromatic N) is 4. The predicted molar refractivity (Wildman–Crippen MR) is 98.9 cm³/mol. The first-order chi connectivity index (χ1) is 13.0. The van der Waals surface area contributed by atoms with E-state index in [0.717, 1.165) is 0 Å². The summed E-state index contributed by atoms with van der Waals surface area (Å²) in [7, 11) is 0. The van der Waals surface area contributed by atoms with Gasteiger partial charge in [-0.2, -0.15) is 0 Å². The number of thiazole rings is 1. The normalized spacial score (nSPS) is 18.1. The average Bonchev–Trinajstić information content (AvgIpc) is 3.17. The molecule has 9 heteroatoms. The smallest absolute Gasteiger partial charge is 0.414 e. The van der Waals surface area contributed by atoms with Crippen molar-refractivity contribution in [2.24, 2.45) is 0 Å². The van der Waals surface area contributed by atoms with E-state index in [2.05, 4.69) is 4.98 Å². The van der Waals surface area contributed by atoms with Gasteiger partial charge in [-0.25, -0.2) is 24.2 Å². The number of anilines is 2. The average molecular weight is 390 g/mol. The number of hydrazine groups is 1. The molecule has 142 valence electrons. The molecule has 1 fully saturated rings. The Kier molecular flexibility index (Phi) is 4.79. The van der Waals surface area contributed by atoms with Crippen molar-refractivity contribution in [2.75, 3.05) is 23.0 Å². The summed E-state index contributed by atoms with van der Waals surface area (Å²) in [5.41, 5.74) is 1.37. The third-order valence-corrected chi connectivity index (χ3v) is 5.58. The summed E-state index contributed by atoms with van der Waals surface area (Å²) in [6, 6.07) is 4.33. The Morgan fingerprint density at radius 3 is 2.81 bits per heavy atom. The molecular weight excluding hydrogens is 371 g/mol. The third-order valence-electron chi connectivity index (χ3n) is 4.84. The number of amides is 2. The maximum atomic E-state index is 13.5. The number of hydrogen-bond acceptors (Lipinski definition) is 6. The first kappa shape index (κ1) is 17.9. The fourth-order valence-corrected chi connectivity index (χ4v) is 4.35. The van der Waals surface area contributed by atoms with Crippen molar-refractivity contribution in [2.45, 2.75) is 32.4 Å². The predicted octanol–water partition coefficient (Wildman–Crippen LogP) is 3.17. The van der Waals surface area contributed by atoms with E-state index in [1.807, 2.05) is 10.4 Å². The van der Waals surface area contributed by atoms with Gasteiger partial charge in [-0.15, -0.1) is 11.3 Å². The van der Waals surface area contributed by atoms with Gasteiger partial charge in [0.05, 0.1) is 5.69 Å². The number of piperidine rings is 1. The van der Waals surface area contributed by atoms with Gasteiger partial charge in [-0.1, -0.05) is 0 Å². The first-order valence-corrected chi connectivity index (χ1v) is 9.62. The van der Waals surface area contributed by atoms with Crippen LogP contribution in [0, 0.1) is 5.82 Å². The Hall–Kier alpha value is -2.52. The lowest BCUT2D eigenvalue weighted by Gasteiger charge is -2.42. The molecule has 4 rings (SSSR count). The van der Waals surface area contributed by atoms with E-state index < -0.39 is 6.09 Å². The van der Waals surface area contributed by atoms with Crippen LogP contribution in [0.3, 0.4) is 0 Å². The van der Waals surface area contributed by atoms with Crippen molar-refractivity contribution < 1.29 is 18.7 Å². The second-order valence-electron chi connectivity index (χ2n) is 6.53. The van der Waals surface area contributed by atoms with Gasteiger partial charge in [-0.3, -0.25) is 9.69 Å². The van der Waals surface area contributed by atoms with E-state index >= 15 is 0 Å². The topological polar surface area (TPSA) is 66.0 Å². The van der Waals surface area contributed by atoms with Gasteiger partial charge in [0.25, 0.3) is 0 Å². The molecule has 2 aliphatic rings. The van der Waals surface area contributed by atoms with Crippen molar-refractivity contribution in [3.8, 4) is 0 Å². The third kappa shape index (κ3) is 3.40. The first-order valence-electron chi connectivity index (χ1n) is 8.74. The number of cyclic esters (lactones) is 1. The molecule has 0 radical (unpaired) electrons. The Morgan fingerprint density at radius 1 is 1.37 bits per heavy atom. The molecule has 7 nitrogen and oxygen atoms in total. The highest BCUT2D eigenvalue weighted by Crippen LogP contribution is 2.33.